The van der Waals surface area contributed by atoms with Crippen LogP contribution in [0.5, 0.6) is 0 Å². The number of anilines is 1. The van der Waals surface area contributed by atoms with Crippen molar-refractivity contribution in [3.05, 3.63) is 42.6 Å². The van der Waals surface area contributed by atoms with Gasteiger partial charge in [-0.2, -0.15) is 0 Å². The average molecular weight is 256 g/mol. The second-order valence-electron chi connectivity index (χ2n) is 5.43. The summed E-state index contributed by atoms with van der Waals surface area (Å²) in [5.74, 6) is 1.77. The molecule has 2 atom stereocenters. The van der Waals surface area contributed by atoms with Gasteiger partial charge in [-0.25, -0.2) is 9.97 Å². The number of imidazole rings is 1. The van der Waals surface area contributed by atoms with Crippen LogP contribution in [0.15, 0.2) is 36.9 Å². The van der Waals surface area contributed by atoms with E-state index in [4.69, 9.17) is 0 Å². The number of hydrogen-bond donors (Lipinski definition) is 0. The molecule has 0 unspecified atom stereocenters. The number of nitrogens with zero attached hydrogens (tertiary/aromatic N) is 4. The van der Waals surface area contributed by atoms with Crippen LogP contribution >= 0.6 is 0 Å². The molecule has 19 heavy (non-hydrogen) atoms. The third kappa shape index (κ3) is 2.48. The highest BCUT2D eigenvalue weighted by Gasteiger charge is 2.27. The number of hydrogen-bond acceptors (Lipinski definition) is 3. The first-order valence-electron chi connectivity index (χ1n) is 6.90. The van der Waals surface area contributed by atoms with Gasteiger partial charge in [0.05, 0.1) is 12.4 Å². The highest BCUT2D eigenvalue weighted by Crippen LogP contribution is 2.29. The number of rotatable bonds is 2. The summed E-state index contributed by atoms with van der Waals surface area (Å²) in [6, 6.07) is 6.72. The molecule has 4 heteroatoms. The monoisotopic (exact) mass is 256 g/mol. The zero-order valence-corrected chi connectivity index (χ0v) is 11.5. The van der Waals surface area contributed by atoms with Crippen molar-refractivity contribution in [2.24, 2.45) is 5.92 Å². The van der Waals surface area contributed by atoms with E-state index in [1.807, 2.05) is 25.5 Å². The SMILES string of the molecule is Cc1cccc(N2CC[C@H](C)[C@H](n3ccnc3)C2)n1. The van der Waals surface area contributed by atoms with E-state index in [-0.39, 0.29) is 0 Å². The van der Waals surface area contributed by atoms with Gasteiger partial charge in [-0.1, -0.05) is 13.0 Å². The van der Waals surface area contributed by atoms with Gasteiger partial charge in [-0.05, 0) is 31.4 Å². The van der Waals surface area contributed by atoms with Crippen molar-refractivity contribution >= 4 is 5.82 Å². The van der Waals surface area contributed by atoms with Crippen molar-refractivity contribution in [3.63, 3.8) is 0 Å². The zero-order valence-electron chi connectivity index (χ0n) is 11.5. The Labute approximate surface area is 114 Å². The van der Waals surface area contributed by atoms with Crippen molar-refractivity contribution in [3.8, 4) is 0 Å². The summed E-state index contributed by atoms with van der Waals surface area (Å²) in [6.45, 7) is 6.46. The van der Waals surface area contributed by atoms with Crippen LogP contribution in [0.3, 0.4) is 0 Å². The van der Waals surface area contributed by atoms with Gasteiger partial charge in [0.25, 0.3) is 0 Å². The fourth-order valence-electron chi connectivity index (χ4n) is 2.82. The molecule has 0 N–H and O–H groups in total. The van der Waals surface area contributed by atoms with Gasteiger partial charge in [0.1, 0.15) is 5.82 Å². The third-order valence-electron chi connectivity index (χ3n) is 4.02. The lowest BCUT2D eigenvalue weighted by Crippen LogP contribution is -2.41. The third-order valence-corrected chi connectivity index (χ3v) is 4.02. The summed E-state index contributed by atoms with van der Waals surface area (Å²) in [5, 5.41) is 0. The van der Waals surface area contributed by atoms with E-state index >= 15 is 0 Å². The van der Waals surface area contributed by atoms with Crippen LogP contribution in [0.1, 0.15) is 25.1 Å². The lowest BCUT2D eigenvalue weighted by atomic mass is 9.93. The Kier molecular flexibility index (Phi) is 3.23. The Hall–Kier alpha value is -1.84. The number of aryl methyl sites for hydroxylation is 1. The highest BCUT2D eigenvalue weighted by molar-refractivity contribution is 5.40. The van der Waals surface area contributed by atoms with Gasteiger partial charge in [0.15, 0.2) is 0 Å². The predicted molar refractivity (Wildman–Crippen MR) is 76.2 cm³/mol. The minimum absolute atomic E-state index is 0.485. The van der Waals surface area contributed by atoms with E-state index < -0.39 is 0 Å². The van der Waals surface area contributed by atoms with E-state index in [1.54, 1.807) is 0 Å². The van der Waals surface area contributed by atoms with Crippen LogP contribution in [0.2, 0.25) is 0 Å². The minimum atomic E-state index is 0.485. The largest absolute Gasteiger partial charge is 0.355 e. The van der Waals surface area contributed by atoms with Crippen molar-refractivity contribution < 1.29 is 0 Å². The van der Waals surface area contributed by atoms with Crippen LogP contribution in [0.25, 0.3) is 0 Å². The summed E-state index contributed by atoms with van der Waals surface area (Å²) in [5.41, 5.74) is 1.08. The Morgan fingerprint density at radius 2 is 2.21 bits per heavy atom. The number of piperidine rings is 1. The van der Waals surface area contributed by atoms with Crippen LogP contribution in [-0.2, 0) is 0 Å². The van der Waals surface area contributed by atoms with E-state index in [1.165, 1.54) is 6.42 Å². The second kappa shape index (κ2) is 5.03. The molecule has 2 aromatic rings. The van der Waals surface area contributed by atoms with Crippen LogP contribution < -0.4 is 4.90 Å². The molecule has 0 aliphatic carbocycles. The maximum Gasteiger partial charge on any atom is 0.128 e. The standard InChI is InChI=1S/C15H20N4/c1-12-6-8-18(15-5-3-4-13(2)17-15)10-14(12)19-9-7-16-11-19/h3-5,7,9,11-12,14H,6,8,10H2,1-2H3/t12-,14+/m0/s1. The van der Waals surface area contributed by atoms with Gasteiger partial charge < -0.3 is 9.47 Å². The summed E-state index contributed by atoms with van der Waals surface area (Å²) < 4.78 is 2.23. The van der Waals surface area contributed by atoms with Gasteiger partial charge >= 0.3 is 0 Å². The topological polar surface area (TPSA) is 34.0 Å². The van der Waals surface area contributed by atoms with Crippen LogP contribution in [0.4, 0.5) is 5.82 Å². The van der Waals surface area contributed by atoms with Gasteiger partial charge in [0.2, 0.25) is 0 Å². The van der Waals surface area contributed by atoms with Crippen molar-refractivity contribution in [1.82, 2.24) is 14.5 Å². The molecular weight excluding hydrogens is 236 g/mol. The van der Waals surface area contributed by atoms with Crippen LogP contribution in [0, 0.1) is 12.8 Å². The summed E-state index contributed by atoms with van der Waals surface area (Å²) >= 11 is 0. The Balaban J connectivity index is 1.82. The van der Waals surface area contributed by atoms with Gasteiger partial charge in [-0.15, -0.1) is 0 Å². The number of pyridine rings is 1. The molecule has 0 radical (unpaired) electrons. The molecule has 1 aliphatic rings. The molecule has 4 nitrogen and oxygen atoms in total. The molecule has 3 heterocycles. The molecule has 0 amide bonds. The van der Waals surface area contributed by atoms with Gasteiger partial charge in [0, 0.05) is 31.2 Å². The smallest absolute Gasteiger partial charge is 0.128 e. The Morgan fingerprint density at radius 3 is 2.95 bits per heavy atom. The molecular formula is C15H20N4. The summed E-state index contributed by atoms with van der Waals surface area (Å²) in [4.78, 5) is 11.2. The van der Waals surface area contributed by atoms with Crippen molar-refractivity contribution in [1.29, 1.82) is 0 Å². The van der Waals surface area contributed by atoms with Crippen molar-refractivity contribution in [2.75, 3.05) is 18.0 Å². The predicted octanol–water partition coefficient (Wildman–Crippen LogP) is 2.67. The lowest BCUT2D eigenvalue weighted by molar-refractivity contribution is 0.298. The fraction of sp³-hybridized carbons (Fsp3) is 0.467. The van der Waals surface area contributed by atoms with E-state index in [0.717, 1.165) is 24.6 Å². The maximum atomic E-state index is 4.64. The molecule has 3 rings (SSSR count). The molecule has 0 saturated carbocycles. The second-order valence-corrected chi connectivity index (χ2v) is 5.43. The zero-order chi connectivity index (χ0) is 13.2. The molecule has 0 aromatic carbocycles. The Bertz CT molecular complexity index is 535. The molecule has 1 aliphatic heterocycles. The molecule has 0 spiro atoms. The summed E-state index contributed by atoms with van der Waals surface area (Å²) in [6.07, 6.45) is 7.04. The van der Waals surface area contributed by atoms with E-state index in [0.29, 0.717) is 12.0 Å². The minimum Gasteiger partial charge on any atom is -0.355 e. The average Bonchev–Trinajstić information content (AvgIpc) is 2.93. The van der Waals surface area contributed by atoms with E-state index in [9.17, 15) is 0 Å². The van der Waals surface area contributed by atoms with Crippen LogP contribution in [-0.4, -0.2) is 27.6 Å². The number of aromatic nitrogens is 3. The first-order chi connectivity index (χ1) is 9.24. The molecule has 100 valence electrons. The van der Waals surface area contributed by atoms with Gasteiger partial charge in [-0.3, -0.25) is 0 Å². The first kappa shape index (κ1) is 12.2. The highest BCUT2D eigenvalue weighted by atomic mass is 15.2. The quantitative estimate of drug-likeness (QED) is 0.828. The molecule has 1 fully saturated rings. The Morgan fingerprint density at radius 1 is 1.32 bits per heavy atom. The summed E-state index contributed by atoms with van der Waals surface area (Å²) in [7, 11) is 0. The normalized spacial score (nSPS) is 23.6. The molecule has 2 aromatic heterocycles. The lowest BCUT2D eigenvalue weighted by Gasteiger charge is -2.38. The van der Waals surface area contributed by atoms with E-state index in [2.05, 4.69) is 44.7 Å². The molecule has 0 bridgehead atoms. The fourth-order valence-corrected chi connectivity index (χ4v) is 2.82. The first-order valence-corrected chi connectivity index (χ1v) is 6.90. The molecule has 1 saturated heterocycles. The van der Waals surface area contributed by atoms with Crippen molar-refractivity contribution in [2.45, 2.75) is 26.3 Å². The maximum absolute atomic E-state index is 4.64.